The Morgan fingerprint density at radius 1 is 0.431 bits per heavy atom. The second-order valence-electron chi connectivity index (χ2n) is 13.0. The summed E-state index contributed by atoms with van der Waals surface area (Å²) in [5.74, 6) is 0. The minimum Gasteiger partial charge on any atom is -0.314 e. The zero-order valence-corrected chi connectivity index (χ0v) is 28.6. The molecule has 0 aliphatic heterocycles. The third-order valence-corrected chi connectivity index (χ3v) is 9.95. The average Bonchev–Trinajstić information content (AvgIpc) is 3.68. The van der Waals surface area contributed by atoms with Crippen LogP contribution in [0.5, 0.6) is 0 Å². The van der Waals surface area contributed by atoms with Crippen LogP contribution in [-0.4, -0.2) is 9.13 Å². The predicted molar refractivity (Wildman–Crippen MR) is 217 cm³/mol. The Bertz CT molecular complexity index is 2800. The van der Waals surface area contributed by atoms with Crippen molar-refractivity contribution in [3.05, 3.63) is 198 Å². The number of para-hydroxylation sites is 4. The lowest BCUT2D eigenvalue weighted by atomic mass is 10.1. The van der Waals surface area contributed by atoms with Gasteiger partial charge in [-0.25, -0.2) is 0 Å². The molecule has 51 heavy (non-hydrogen) atoms. The molecule has 0 saturated heterocycles. The maximum atomic E-state index is 9.12. The molecule has 0 saturated carbocycles. The van der Waals surface area contributed by atoms with Crippen LogP contribution in [0, 0.1) is 13.8 Å². The van der Waals surface area contributed by atoms with E-state index < -0.39 is 0 Å². The quantitative estimate of drug-likeness (QED) is 0.155. The highest BCUT2D eigenvalue weighted by Crippen LogP contribution is 2.40. The van der Waals surface area contributed by atoms with Crippen LogP contribution in [-0.2, 0) is 0 Å². The van der Waals surface area contributed by atoms with Gasteiger partial charge in [0, 0.05) is 50.3 Å². The van der Waals surface area contributed by atoms with E-state index in [-0.39, 0.29) is 12.1 Å². The van der Waals surface area contributed by atoms with E-state index in [0.717, 1.165) is 50.4 Å². The van der Waals surface area contributed by atoms with Crippen molar-refractivity contribution in [2.75, 3.05) is 4.90 Å². The molecule has 0 bridgehead atoms. The number of hydrogen-bond donors (Lipinski definition) is 0. The normalized spacial score (nSPS) is 12.6. The Labute approximate surface area is 301 Å². The van der Waals surface area contributed by atoms with Crippen molar-refractivity contribution in [2.24, 2.45) is 0 Å². The van der Waals surface area contributed by atoms with E-state index in [1.54, 1.807) is 0 Å². The molecule has 0 fully saturated rings. The molecule has 244 valence electrons. The van der Waals surface area contributed by atoms with Crippen LogP contribution in [0.1, 0.15) is 25.1 Å². The number of hydrogen-bond acceptors (Lipinski definition) is 1. The molecular formula is C48H37N3. The average molecular weight is 658 g/mol. The van der Waals surface area contributed by atoms with Crippen molar-refractivity contribution in [3.63, 3.8) is 0 Å². The van der Waals surface area contributed by atoms with E-state index in [1.165, 1.54) is 27.5 Å². The minimum atomic E-state index is 0.189. The summed E-state index contributed by atoms with van der Waals surface area (Å²) in [5.41, 5.74) is 12.5. The molecule has 2 aromatic heterocycles. The second-order valence-corrected chi connectivity index (χ2v) is 13.0. The summed E-state index contributed by atoms with van der Waals surface area (Å²) in [6.45, 7) is 4.27. The van der Waals surface area contributed by atoms with E-state index in [9.17, 15) is 0 Å². The maximum absolute atomic E-state index is 9.12. The molecule has 0 spiro atoms. The molecule has 0 radical (unpaired) electrons. The van der Waals surface area contributed by atoms with Crippen LogP contribution in [0.2, 0.25) is 0 Å². The van der Waals surface area contributed by atoms with Crippen LogP contribution >= 0.6 is 0 Å². The summed E-state index contributed by atoms with van der Waals surface area (Å²) in [6.07, 6.45) is 0. The molecule has 7 aromatic carbocycles. The van der Waals surface area contributed by atoms with Crippen LogP contribution < -0.4 is 4.90 Å². The predicted octanol–water partition coefficient (Wildman–Crippen LogP) is 13.0. The van der Waals surface area contributed by atoms with Gasteiger partial charge >= 0.3 is 0 Å². The third kappa shape index (κ3) is 5.40. The number of aromatic nitrogens is 2. The van der Waals surface area contributed by atoms with E-state index in [2.05, 4.69) is 173 Å². The van der Waals surface area contributed by atoms with Gasteiger partial charge in [-0.05, 0) is 115 Å². The molecule has 9 aromatic rings. The molecule has 0 aliphatic carbocycles. The summed E-state index contributed by atoms with van der Waals surface area (Å²) >= 11 is 0. The summed E-state index contributed by atoms with van der Waals surface area (Å²) < 4.78 is 22.8. The van der Waals surface area contributed by atoms with Crippen LogP contribution in [0.25, 0.3) is 56.2 Å². The number of nitrogens with zero attached hydrogens (tertiary/aromatic N) is 3. The van der Waals surface area contributed by atoms with Gasteiger partial charge in [-0.2, -0.15) is 0 Å². The number of fused-ring (bicyclic) bond motifs is 4. The number of rotatable bonds is 7. The molecule has 0 N–H and O–H groups in total. The number of aryl methyl sites for hydroxylation is 1. The molecular weight excluding hydrogens is 619 g/mol. The number of benzene rings is 7. The molecule has 0 unspecified atom stereocenters. The summed E-state index contributed by atoms with van der Waals surface area (Å²) in [5, 5.41) is 3.47. The highest BCUT2D eigenvalue weighted by atomic mass is 15.1. The topological polar surface area (TPSA) is 13.1 Å². The van der Waals surface area contributed by atoms with Crippen molar-refractivity contribution in [2.45, 2.75) is 13.8 Å². The van der Waals surface area contributed by atoms with Gasteiger partial charge < -0.3 is 14.0 Å². The van der Waals surface area contributed by atoms with E-state index >= 15 is 0 Å². The van der Waals surface area contributed by atoms with Crippen molar-refractivity contribution >= 4 is 61.9 Å². The lowest BCUT2D eigenvalue weighted by Crippen LogP contribution is -2.09. The SMILES string of the molecule is [2H]/C(=C(/[2H])c1ccc2c(c1)c(C)c(C)n2-c1ccccc1)c1ccc(N(c2ccccc2)c2ccc3c(c2)c2ccccc2n3-c2ccccc2)cc1. The van der Waals surface area contributed by atoms with Gasteiger partial charge in [-0.1, -0.05) is 103 Å². The van der Waals surface area contributed by atoms with Gasteiger partial charge in [-0.3, -0.25) is 0 Å². The fraction of sp³-hybridized carbons (Fsp3) is 0.0417. The van der Waals surface area contributed by atoms with Gasteiger partial charge in [0.1, 0.15) is 0 Å². The highest BCUT2D eigenvalue weighted by Gasteiger charge is 2.17. The van der Waals surface area contributed by atoms with E-state index in [4.69, 9.17) is 2.74 Å². The largest absolute Gasteiger partial charge is 0.314 e. The first kappa shape index (κ1) is 28.3. The molecule has 9 rings (SSSR count). The zero-order chi connectivity index (χ0) is 36.1. The first-order valence-electron chi connectivity index (χ1n) is 18.4. The molecule has 0 amide bonds. The van der Waals surface area contributed by atoms with Crippen molar-refractivity contribution in [1.29, 1.82) is 0 Å². The Morgan fingerprint density at radius 2 is 0.941 bits per heavy atom. The lowest BCUT2D eigenvalue weighted by molar-refractivity contribution is 1.04. The monoisotopic (exact) mass is 657 g/mol. The Hall–Kier alpha value is -6.58. The summed E-state index contributed by atoms with van der Waals surface area (Å²) in [7, 11) is 0. The Morgan fingerprint density at radius 3 is 1.67 bits per heavy atom. The maximum Gasteiger partial charge on any atom is 0.0629 e. The fourth-order valence-electron chi connectivity index (χ4n) is 7.38. The first-order valence-corrected chi connectivity index (χ1v) is 17.4. The van der Waals surface area contributed by atoms with Crippen LogP contribution in [0.15, 0.2) is 176 Å². The minimum absolute atomic E-state index is 0.189. The van der Waals surface area contributed by atoms with Crippen molar-refractivity contribution in [3.8, 4) is 11.4 Å². The van der Waals surface area contributed by atoms with Crippen LogP contribution in [0.3, 0.4) is 0 Å². The van der Waals surface area contributed by atoms with Crippen molar-refractivity contribution < 1.29 is 2.74 Å². The smallest absolute Gasteiger partial charge is 0.0629 e. The van der Waals surface area contributed by atoms with Gasteiger partial charge in [0.2, 0.25) is 0 Å². The highest BCUT2D eigenvalue weighted by molar-refractivity contribution is 6.10. The standard InChI is InChI=1S/C48H37N3/c1-34-35(2)49(38-14-6-3-7-15-38)47-30-26-37(32-44(34)47)23-22-36-24-27-41(28-25-36)50(39-16-8-4-9-17-39)42-29-31-48-45(33-42)43-20-12-13-21-46(43)51(48)40-18-10-5-11-19-40/h3-33H,1-2H3/b23-22+/i22D,23D. The Kier molecular flexibility index (Phi) is 7.04. The fourth-order valence-corrected chi connectivity index (χ4v) is 7.38. The Balaban J connectivity index is 1.10. The first-order chi connectivity index (χ1) is 26.0. The van der Waals surface area contributed by atoms with Crippen LogP contribution in [0.4, 0.5) is 17.1 Å². The third-order valence-electron chi connectivity index (χ3n) is 9.95. The summed E-state index contributed by atoms with van der Waals surface area (Å²) in [4.78, 5) is 2.25. The van der Waals surface area contributed by atoms with Gasteiger partial charge in [-0.15, -0.1) is 0 Å². The number of anilines is 3. The molecule has 0 atom stereocenters. The van der Waals surface area contributed by atoms with Crippen molar-refractivity contribution in [1.82, 2.24) is 9.13 Å². The second kappa shape index (κ2) is 12.7. The van der Waals surface area contributed by atoms with E-state index in [0.29, 0.717) is 5.56 Å². The van der Waals surface area contributed by atoms with Gasteiger partial charge in [0.15, 0.2) is 0 Å². The van der Waals surface area contributed by atoms with Gasteiger partial charge in [0.05, 0.1) is 19.3 Å². The molecule has 0 aliphatic rings. The lowest BCUT2D eigenvalue weighted by Gasteiger charge is -2.25. The van der Waals surface area contributed by atoms with E-state index in [1.807, 2.05) is 30.3 Å². The summed E-state index contributed by atoms with van der Waals surface area (Å²) in [6, 6.07) is 61.0. The molecule has 2 heterocycles. The zero-order valence-electron chi connectivity index (χ0n) is 30.6. The van der Waals surface area contributed by atoms with Gasteiger partial charge in [0.25, 0.3) is 0 Å². The molecule has 3 heteroatoms. The molecule has 3 nitrogen and oxygen atoms in total.